The van der Waals surface area contributed by atoms with E-state index in [1.54, 1.807) is 6.07 Å². The molecule has 0 spiro atoms. The van der Waals surface area contributed by atoms with Crippen LogP contribution in [-0.4, -0.2) is 25.5 Å². The molecule has 2 aliphatic rings. The van der Waals surface area contributed by atoms with Crippen LogP contribution in [0.15, 0.2) is 36.4 Å². The monoisotopic (exact) mass is 365 g/mol. The topological polar surface area (TPSA) is 56.8 Å². The number of carbonyl (C=O) groups is 1. The van der Waals surface area contributed by atoms with Crippen molar-refractivity contribution in [3.63, 3.8) is 0 Å². The molecule has 0 bridgehead atoms. The fourth-order valence-corrected chi connectivity index (χ4v) is 3.20. The van der Waals surface area contributed by atoms with Crippen LogP contribution >= 0.6 is 0 Å². The molecule has 2 aliphatic heterocycles. The van der Waals surface area contributed by atoms with Crippen LogP contribution in [0.1, 0.15) is 23.5 Å². The minimum absolute atomic E-state index is 0.171. The molecule has 1 amide bonds. The number of rotatable bonds is 2. The van der Waals surface area contributed by atoms with Gasteiger partial charge in [-0.15, -0.1) is 13.2 Å². The highest BCUT2D eigenvalue weighted by Gasteiger charge is 2.32. The number of carbonyl (C=O) groups excluding carboxylic acids is 1. The average molecular weight is 365 g/mol. The molecule has 0 saturated heterocycles. The van der Waals surface area contributed by atoms with Gasteiger partial charge in [0.25, 0.3) is 0 Å². The summed E-state index contributed by atoms with van der Waals surface area (Å²) in [5.74, 6) is 0.381. The lowest BCUT2D eigenvalue weighted by Gasteiger charge is -2.29. The van der Waals surface area contributed by atoms with E-state index in [1.165, 1.54) is 24.3 Å². The summed E-state index contributed by atoms with van der Waals surface area (Å²) in [4.78, 5) is 12.1. The Morgan fingerprint density at radius 2 is 1.69 bits per heavy atom. The summed E-state index contributed by atoms with van der Waals surface area (Å²) in [5.41, 5.74) is 2.16. The van der Waals surface area contributed by atoms with E-state index in [9.17, 15) is 18.0 Å². The molecule has 8 heteroatoms. The summed E-state index contributed by atoms with van der Waals surface area (Å²) < 4.78 is 51.9. The second-order valence-electron chi connectivity index (χ2n) is 6.00. The van der Waals surface area contributed by atoms with Crippen LogP contribution in [0.2, 0.25) is 0 Å². The largest absolute Gasteiger partial charge is 0.573 e. The van der Waals surface area contributed by atoms with Crippen molar-refractivity contribution in [1.29, 1.82) is 0 Å². The molecule has 136 valence electrons. The number of alkyl halides is 3. The molecule has 5 nitrogen and oxygen atoms in total. The van der Waals surface area contributed by atoms with E-state index in [2.05, 4.69) is 10.1 Å². The van der Waals surface area contributed by atoms with Crippen LogP contribution in [0, 0.1) is 0 Å². The lowest BCUT2D eigenvalue weighted by molar-refractivity contribution is -0.274. The van der Waals surface area contributed by atoms with Gasteiger partial charge < -0.3 is 19.5 Å². The van der Waals surface area contributed by atoms with Gasteiger partial charge in [-0.25, -0.2) is 0 Å². The minimum atomic E-state index is -4.74. The number of halogens is 3. The molecule has 1 N–H and O–H groups in total. The molecule has 2 heterocycles. The first kappa shape index (κ1) is 16.6. The number of amides is 1. The van der Waals surface area contributed by atoms with E-state index in [0.717, 1.165) is 5.56 Å². The van der Waals surface area contributed by atoms with Gasteiger partial charge in [0.05, 0.1) is 0 Å². The van der Waals surface area contributed by atoms with Crippen molar-refractivity contribution < 1.29 is 32.2 Å². The molecule has 4 rings (SSSR count). The number of ether oxygens (including phenoxy) is 3. The molecule has 0 saturated carbocycles. The Morgan fingerprint density at radius 3 is 2.35 bits per heavy atom. The van der Waals surface area contributed by atoms with Crippen LogP contribution in [0.4, 0.5) is 18.9 Å². The fraction of sp³-hybridized carbons (Fsp3) is 0.278. The molecular weight excluding hydrogens is 351 g/mol. The third-order valence-electron chi connectivity index (χ3n) is 4.27. The molecule has 0 aliphatic carbocycles. The second-order valence-corrected chi connectivity index (χ2v) is 6.00. The fourth-order valence-electron chi connectivity index (χ4n) is 3.20. The van der Waals surface area contributed by atoms with Crippen molar-refractivity contribution in [2.24, 2.45) is 0 Å². The molecule has 2 aromatic carbocycles. The molecule has 2 aromatic rings. The van der Waals surface area contributed by atoms with Gasteiger partial charge in [0.1, 0.15) is 19.0 Å². The van der Waals surface area contributed by atoms with Crippen LogP contribution in [0.3, 0.4) is 0 Å². The Labute approximate surface area is 146 Å². The van der Waals surface area contributed by atoms with Gasteiger partial charge in [0.15, 0.2) is 11.5 Å². The zero-order valence-corrected chi connectivity index (χ0v) is 13.4. The normalized spacial score (nSPS) is 18.7. The highest BCUT2D eigenvalue weighted by atomic mass is 19.4. The minimum Gasteiger partial charge on any atom is -0.486 e. The number of benzene rings is 2. The maximum atomic E-state index is 12.3. The number of hydrogen-bond acceptors (Lipinski definition) is 4. The molecule has 0 fully saturated rings. The third-order valence-corrected chi connectivity index (χ3v) is 4.27. The highest BCUT2D eigenvalue weighted by Crippen LogP contribution is 2.44. The van der Waals surface area contributed by atoms with Crippen molar-refractivity contribution in [3.05, 3.63) is 47.5 Å². The standard InChI is InChI=1S/C18H14F3NO4/c19-18(20,21)26-11-3-1-10(2-4-11)12-8-17(23)22-14-9-16-15(7-13(12)14)24-5-6-25-16/h1-4,7,9,12H,5-6,8H2,(H,22,23)/t12-/m0/s1. The zero-order valence-electron chi connectivity index (χ0n) is 13.4. The first-order chi connectivity index (χ1) is 12.4. The third kappa shape index (κ3) is 3.26. The van der Waals surface area contributed by atoms with Gasteiger partial charge in [-0.3, -0.25) is 4.79 Å². The Bertz CT molecular complexity index is 849. The first-order valence-electron chi connectivity index (χ1n) is 7.98. The van der Waals surface area contributed by atoms with Crippen molar-refractivity contribution >= 4 is 11.6 Å². The Kier molecular flexibility index (Phi) is 3.90. The molecule has 1 atom stereocenters. The summed E-state index contributed by atoms with van der Waals surface area (Å²) in [6.07, 6.45) is -4.55. The maximum absolute atomic E-state index is 12.3. The zero-order chi connectivity index (χ0) is 18.3. The van der Waals surface area contributed by atoms with Crippen LogP contribution in [0.25, 0.3) is 0 Å². The Morgan fingerprint density at radius 1 is 1.04 bits per heavy atom. The summed E-state index contributed by atoms with van der Waals surface area (Å²) >= 11 is 0. The predicted octanol–water partition coefficient (Wildman–Crippen LogP) is 3.83. The first-order valence-corrected chi connectivity index (χ1v) is 7.98. The van der Waals surface area contributed by atoms with Gasteiger partial charge in [-0.1, -0.05) is 12.1 Å². The summed E-state index contributed by atoms with van der Waals surface area (Å²) in [7, 11) is 0. The van der Waals surface area contributed by atoms with Crippen LogP contribution in [0.5, 0.6) is 17.2 Å². The molecular formula is C18H14F3NO4. The van der Waals surface area contributed by atoms with Crippen molar-refractivity contribution in [1.82, 2.24) is 0 Å². The van der Waals surface area contributed by atoms with Crippen LogP contribution < -0.4 is 19.5 Å². The summed E-state index contributed by atoms with van der Waals surface area (Å²) in [6.45, 7) is 0.871. The lowest BCUT2D eigenvalue weighted by atomic mass is 9.84. The molecule has 0 unspecified atom stereocenters. The highest BCUT2D eigenvalue weighted by molar-refractivity contribution is 5.96. The van der Waals surface area contributed by atoms with E-state index in [0.29, 0.717) is 36.0 Å². The SMILES string of the molecule is O=C1C[C@@H](c2ccc(OC(F)(F)F)cc2)c2cc3c(cc2N1)OCCO3. The summed E-state index contributed by atoms with van der Waals surface area (Å²) in [5, 5.41) is 2.80. The number of hydrogen-bond donors (Lipinski definition) is 1. The number of anilines is 1. The number of nitrogens with one attached hydrogen (secondary N) is 1. The van der Waals surface area contributed by atoms with Crippen molar-refractivity contribution in [2.75, 3.05) is 18.5 Å². The van der Waals surface area contributed by atoms with Crippen LogP contribution in [-0.2, 0) is 4.79 Å². The molecule has 0 aromatic heterocycles. The Hall–Kier alpha value is -2.90. The molecule has 26 heavy (non-hydrogen) atoms. The average Bonchev–Trinajstić information content (AvgIpc) is 2.59. The van der Waals surface area contributed by atoms with E-state index >= 15 is 0 Å². The lowest BCUT2D eigenvalue weighted by Crippen LogP contribution is -2.24. The van der Waals surface area contributed by atoms with Gasteiger partial charge in [0, 0.05) is 24.1 Å². The van der Waals surface area contributed by atoms with E-state index in [-0.39, 0.29) is 24.0 Å². The number of fused-ring (bicyclic) bond motifs is 2. The molecule has 0 radical (unpaired) electrons. The van der Waals surface area contributed by atoms with E-state index in [1.807, 2.05) is 6.07 Å². The quantitative estimate of drug-likeness (QED) is 0.879. The maximum Gasteiger partial charge on any atom is 0.573 e. The van der Waals surface area contributed by atoms with E-state index in [4.69, 9.17) is 9.47 Å². The predicted molar refractivity (Wildman–Crippen MR) is 85.6 cm³/mol. The second kappa shape index (κ2) is 6.12. The smallest absolute Gasteiger partial charge is 0.486 e. The van der Waals surface area contributed by atoms with Gasteiger partial charge in [-0.05, 0) is 29.3 Å². The van der Waals surface area contributed by atoms with Crippen molar-refractivity contribution in [2.45, 2.75) is 18.7 Å². The van der Waals surface area contributed by atoms with Crippen molar-refractivity contribution in [3.8, 4) is 17.2 Å². The Balaban J connectivity index is 1.68. The van der Waals surface area contributed by atoms with Gasteiger partial charge >= 0.3 is 6.36 Å². The van der Waals surface area contributed by atoms with Gasteiger partial charge in [-0.2, -0.15) is 0 Å². The summed E-state index contributed by atoms with van der Waals surface area (Å²) in [6, 6.07) is 9.08. The van der Waals surface area contributed by atoms with Gasteiger partial charge in [0.2, 0.25) is 5.91 Å². The van der Waals surface area contributed by atoms with E-state index < -0.39 is 6.36 Å².